The number of rotatable bonds is 6. The minimum atomic E-state index is -0.225. The van der Waals surface area contributed by atoms with Crippen molar-refractivity contribution >= 4 is 28.1 Å². The van der Waals surface area contributed by atoms with Crippen LogP contribution in [0.3, 0.4) is 0 Å². The first-order chi connectivity index (χ1) is 9.69. The van der Waals surface area contributed by atoms with E-state index in [0.29, 0.717) is 10.8 Å². The van der Waals surface area contributed by atoms with Gasteiger partial charge in [0, 0.05) is 11.1 Å². The Kier molecular flexibility index (Phi) is 5.12. The van der Waals surface area contributed by atoms with Gasteiger partial charge in [-0.15, -0.1) is 11.3 Å². The maximum atomic E-state index is 11.9. The number of nitrogen functional groups attached to an aromatic ring is 1. The van der Waals surface area contributed by atoms with E-state index in [1.165, 1.54) is 36.2 Å². The van der Waals surface area contributed by atoms with Gasteiger partial charge >= 0.3 is 0 Å². The van der Waals surface area contributed by atoms with Gasteiger partial charge in [0.05, 0.1) is 0 Å². The number of benzene rings is 1. The molecular weight excluding hydrogens is 270 g/mol. The molecule has 5 heteroatoms. The fourth-order valence-corrected chi connectivity index (χ4v) is 2.46. The van der Waals surface area contributed by atoms with Crippen molar-refractivity contribution in [2.75, 3.05) is 11.1 Å². The van der Waals surface area contributed by atoms with E-state index < -0.39 is 0 Å². The second kappa shape index (κ2) is 7.05. The summed E-state index contributed by atoms with van der Waals surface area (Å²) in [5.74, 6) is -0.225. The molecule has 0 saturated heterocycles. The van der Waals surface area contributed by atoms with Crippen LogP contribution >= 0.6 is 11.3 Å². The average molecular weight is 289 g/mol. The number of hydrogen-bond donors (Lipinski definition) is 2. The number of carbonyl (C=O) groups is 1. The van der Waals surface area contributed by atoms with E-state index in [4.69, 9.17) is 5.73 Å². The molecule has 1 aromatic heterocycles. The number of thiazole rings is 1. The first kappa shape index (κ1) is 14.5. The zero-order valence-electron chi connectivity index (χ0n) is 11.6. The Labute approximate surface area is 123 Å². The molecule has 0 saturated carbocycles. The predicted molar refractivity (Wildman–Crippen MR) is 84.2 cm³/mol. The highest BCUT2D eigenvalue weighted by Crippen LogP contribution is 2.15. The Morgan fingerprint density at radius 2 is 2.05 bits per heavy atom. The third-order valence-corrected chi connectivity index (χ3v) is 3.71. The van der Waals surface area contributed by atoms with Crippen molar-refractivity contribution in [2.45, 2.75) is 32.6 Å². The molecule has 20 heavy (non-hydrogen) atoms. The topological polar surface area (TPSA) is 68.0 Å². The summed E-state index contributed by atoms with van der Waals surface area (Å²) in [6, 6.07) is 7.96. The maximum Gasteiger partial charge on any atom is 0.275 e. The lowest BCUT2D eigenvalue weighted by molar-refractivity contribution is 0.102. The number of nitrogens with two attached hydrogens (primary N) is 1. The van der Waals surface area contributed by atoms with Crippen LogP contribution < -0.4 is 11.1 Å². The van der Waals surface area contributed by atoms with Crippen LogP contribution in [0.4, 0.5) is 10.8 Å². The number of aromatic nitrogens is 1. The molecule has 2 rings (SSSR count). The van der Waals surface area contributed by atoms with Crippen LogP contribution in [0.2, 0.25) is 0 Å². The molecule has 0 aliphatic heterocycles. The van der Waals surface area contributed by atoms with Crippen LogP contribution in [0.1, 0.15) is 42.2 Å². The first-order valence-electron chi connectivity index (χ1n) is 6.80. The minimum absolute atomic E-state index is 0.225. The Morgan fingerprint density at radius 3 is 2.65 bits per heavy atom. The molecule has 0 atom stereocenters. The fraction of sp³-hybridized carbons (Fsp3) is 0.333. The lowest BCUT2D eigenvalue weighted by Gasteiger charge is -2.05. The fourth-order valence-electron chi connectivity index (χ4n) is 1.92. The van der Waals surface area contributed by atoms with Crippen LogP contribution in [-0.4, -0.2) is 10.9 Å². The Balaban J connectivity index is 1.91. The molecule has 1 aromatic carbocycles. The summed E-state index contributed by atoms with van der Waals surface area (Å²) in [6.07, 6.45) is 4.78. The van der Waals surface area contributed by atoms with E-state index >= 15 is 0 Å². The summed E-state index contributed by atoms with van der Waals surface area (Å²) in [4.78, 5) is 15.9. The van der Waals surface area contributed by atoms with Crippen molar-refractivity contribution in [2.24, 2.45) is 0 Å². The molecule has 0 spiro atoms. The van der Waals surface area contributed by atoms with Crippen molar-refractivity contribution in [3.63, 3.8) is 0 Å². The standard InChI is InChI=1S/C15H19N3OS/c1-2-3-4-5-11-6-8-12(9-7-11)17-14(19)13-10-20-15(16)18-13/h6-10H,2-5H2,1H3,(H2,16,18)(H,17,19). The van der Waals surface area contributed by atoms with Gasteiger partial charge in [0.1, 0.15) is 5.69 Å². The zero-order valence-corrected chi connectivity index (χ0v) is 12.4. The second-order valence-corrected chi connectivity index (χ2v) is 5.57. The Bertz CT molecular complexity index is 563. The summed E-state index contributed by atoms with van der Waals surface area (Å²) in [5, 5.41) is 4.88. The molecular formula is C15H19N3OS. The number of unbranched alkanes of at least 4 members (excludes halogenated alkanes) is 2. The predicted octanol–water partition coefficient (Wildman–Crippen LogP) is 3.71. The van der Waals surface area contributed by atoms with Gasteiger partial charge in [-0.2, -0.15) is 0 Å². The summed E-state index contributed by atoms with van der Waals surface area (Å²) < 4.78 is 0. The summed E-state index contributed by atoms with van der Waals surface area (Å²) in [6.45, 7) is 2.20. The van der Waals surface area contributed by atoms with Crippen LogP contribution in [0.25, 0.3) is 0 Å². The van der Waals surface area contributed by atoms with Gasteiger partial charge in [0.2, 0.25) is 0 Å². The first-order valence-corrected chi connectivity index (χ1v) is 7.68. The van der Waals surface area contributed by atoms with Crippen LogP contribution in [0.15, 0.2) is 29.6 Å². The lowest BCUT2D eigenvalue weighted by Crippen LogP contribution is -2.12. The maximum absolute atomic E-state index is 11.9. The largest absolute Gasteiger partial charge is 0.375 e. The number of hydrogen-bond acceptors (Lipinski definition) is 4. The van der Waals surface area contributed by atoms with Gasteiger partial charge in [-0.3, -0.25) is 4.79 Å². The smallest absolute Gasteiger partial charge is 0.275 e. The van der Waals surface area contributed by atoms with Gasteiger partial charge < -0.3 is 11.1 Å². The van der Waals surface area contributed by atoms with E-state index in [-0.39, 0.29) is 5.91 Å². The van der Waals surface area contributed by atoms with Crippen LogP contribution in [0.5, 0.6) is 0 Å². The number of nitrogens with one attached hydrogen (secondary N) is 1. The number of anilines is 2. The quantitative estimate of drug-likeness (QED) is 0.796. The third kappa shape index (κ3) is 4.06. The number of nitrogens with zero attached hydrogens (tertiary/aromatic N) is 1. The minimum Gasteiger partial charge on any atom is -0.375 e. The number of carbonyl (C=O) groups excluding carboxylic acids is 1. The third-order valence-electron chi connectivity index (χ3n) is 3.04. The van der Waals surface area contributed by atoms with Gasteiger partial charge in [-0.1, -0.05) is 31.9 Å². The van der Waals surface area contributed by atoms with Gasteiger partial charge in [-0.25, -0.2) is 4.98 Å². The molecule has 3 N–H and O–H groups in total. The molecule has 1 heterocycles. The summed E-state index contributed by atoms with van der Waals surface area (Å²) >= 11 is 1.26. The average Bonchev–Trinajstić information content (AvgIpc) is 2.88. The SMILES string of the molecule is CCCCCc1ccc(NC(=O)c2csc(N)n2)cc1. The van der Waals surface area contributed by atoms with Crippen LogP contribution in [0, 0.1) is 0 Å². The molecule has 1 amide bonds. The Hall–Kier alpha value is -1.88. The van der Waals surface area contributed by atoms with Gasteiger partial charge in [0.25, 0.3) is 5.91 Å². The number of aryl methyl sites for hydroxylation is 1. The lowest BCUT2D eigenvalue weighted by atomic mass is 10.1. The Morgan fingerprint density at radius 1 is 1.30 bits per heavy atom. The highest BCUT2D eigenvalue weighted by atomic mass is 32.1. The van der Waals surface area contributed by atoms with E-state index in [1.807, 2.05) is 12.1 Å². The van der Waals surface area contributed by atoms with Gasteiger partial charge in [0.15, 0.2) is 5.13 Å². The normalized spacial score (nSPS) is 10.4. The molecule has 4 nitrogen and oxygen atoms in total. The van der Waals surface area contributed by atoms with E-state index in [2.05, 4.69) is 29.4 Å². The number of amides is 1. The second-order valence-electron chi connectivity index (χ2n) is 4.68. The molecule has 0 aliphatic rings. The van der Waals surface area contributed by atoms with Crippen molar-refractivity contribution in [1.29, 1.82) is 0 Å². The molecule has 106 valence electrons. The van der Waals surface area contributed by atoms with Crippen molar-refractivity contribution < 1.29 is 4.79 Å². The summed E-state index contributed by atoms with van der Waals surface area (Å²) in [5.41, 5.74) is 7.95. The molecule has 0 radical (unpaired) electrons. The molecule has 0 fully saturated rings. The van der Waals surface area contributed by atoms with E-state index in [0.717, 1.165) is 12.1 Å². The van der Waals surface area contributed by atoms with Gasteiger partial charge in [-0.05, 0) is 30.5 Å². The highest BCUT2D eigenvalue weighted by Gasteiger charge is 2.09. The summed E-state index contributed by atoms with van der Waals surface area (Å²) in [7, 11) is 0. The molecule has 0 unspecified atom stereocenters. The molecule has 0 aliphatic carbocycles. The monoisotopic (exact) mass is 289 g/mol. The van der Waals surface area contributed by atoms with Crippen molar-refractivity contribution in [3.05, 3.63) is 40.9 Å². The van der Waals surface area contributed by atoms with Crippen molar-refractivity contribution in [3.8, 4) is 0 Å². The van der Waals surface area contributed by atoms with Crippen LogP contribution in [-0.2, 0) is 6.42 Å². The van der Waals surface area contributed by atoms with Crippen molar-refractivity contribution in [1.82, 2.24) is 4.98 Å². The van der Waals surface area contributed by atoms with E-state index in [1.54, 1.807) is 5.38 Å². The molecule has 0 bridgehead atoms. The zero-order chi connectivity index (χ0) is 14.4. The highest BCUT2D eigenvalue weighted by molar-refractivity contribution is 7.13. The molecule has 2 aromatic rings. The van der Waals surface area contributed by atoms with E-state index in [9.17, 15) is 4.79 Å².